The highest BCUT2D eigenvalue weighted by Crippen LogP contribution is 2.32. The first kappa shape index (κ1) is 19.0. The second-order valence-corrected chi connectivity index (χ2v) is 7.16. The molecule has 1 aliphatic heterocycles. The number of nitrogens with one attached hydrogen (secondary N) is 1. The van der Waals surface area contributed by atoms with Gasteiger partial charge in [-0.25, -0.2) is 4.79 Å². The molecule has 4 rings (SSSR count). The number of para-hydroxylation sites is 2. The van der Waals surface area contributed by atoms with E-state index in [4.69, 9.17) is 9.26 Å². The van der Waals surface area contributed by atoms with Gasteiger partial charge >= 0.3 is 6.03 Å². The van der Waals surface area contributed by atoms with E-state index in [1.807, 2.05) is 55.5 Å². The molecule has 1 aromatic heterocycles. The summed E-state index contributed by atoms with van der Waals surface area (Å²) in [6.45, 7) is 2.66. The molecular formula is C22H24N4O3. The first-order valence-electron chi connectivity index (χ1n) is 9.77. The van der Waals surface area contributed by atoms with Crippen LogP contribution in [0, 0.1) is 6.92 Å². The van der Waals surface area contributed by atoms with Crippen LogP contribution in [-0.2, 0) is 0 Å². The number of hydrogen-bond donors (Lipinski definition) is 1. The summed E-state index contributed by atoms with van der Waals surface area (Å²) in [7, 11) is 1.58. The Bertz CT molecular complexity index is 1000. The predicted octanol–water partition coefficient (Wildman–Crippen LogP) is 4.81. The minimum Gasteiger partial charge on any atom is -0.495 e. The topological polar surface area (TPSA) is 80.5 Å². The molecule has 2 amide bonds. The number of rotatable bonds is 4. The molecule has 1 saturated heterocycles. The molecule has 29 heavy (non-hydrogen) atoms. The fourth-order valence-electron chi connectivity index (χ4n) is 3.64. The normalized spacial score (nSPS) is 16.5. The van der Waals surface area contributed by atoms with Crippen molar-refractivity contribution in [3.8, 4) is 17.1 Å². The summed E-state index contributed by atoms with van der Waals surface area (Å²) in [6.07, 6.45) is 2.73. The number of aryl methyl sites for hydroxylation is 1. The van der Waals surface area contributed by atoms with Crippen molar-refractivity contribution in [2.45, 2.75) is 32.2 Å². The Balaban J connectivity index is 1.55. The number of aromatic nitrogens is 2. The highest BCUT2D eigenvalue weighted by Gasteiger charge is 2.32. The molecule has 0 aliphatic carbocycles. The molecule has 0 spiro atoms. The Morgan fingerprint density at radius 2 is 2.07 bits per heavy atom. The summed E-state index contributed by atoms with van der Waals surface area (Å²) in [5.41, 5.74) is 2.67. The number of carbonyl (C=O) groups is 1. The third-order valence-corrected chi connectivity index (χ3v) is 5.12. The van der Waals surface area contributed by atoms with Gasteiger partial charge in [-0.2, -0.15) is 4.98 Å². The zero-order valence-electron chi connectivity index (χ0n) is 16.6. The van der Waals surface area contributed by atoms with Gasteiger partial charge in [0.05, 0.1) is 12.8 Å². The zero-order chi connectivity index (χ0) is 20.2. The van der Waals surface area contributed by atoms with E-state index in [-0.39, 0.29) is 12.1 Å². The Morgan fingerprint density at radius 1 is 1.21 bits per heavy atom. The molecule has 1 fully saturated rings. The molecule has 150 valence electrons. The van der Waals surface area contributed by atoms with Gasteiger partial charge in [-0.3, -0.25) is 0 Å². The van der Waals surface area contributed by atoms with Crippen molar-refractivity contribution in [1.82, 2.24) is 15.0 Å². The van der Waals surface area contributed by atoms with Gasteiger partial charge in [-0.05, 0) is 44.4 Å². The van der Waals surface area contributed by atoms with Crippen LogP contribution in [-0.4, -0.2) is 34.7 Å². The van der Waals surface area contributed by atoms with E-state index in [1.165, 1.54) is 0 Å². The van der Waals surface area contributed by atoms with Crippen LogP contribution in [0.4, 0.5) is 10.5 Å². The molecule has 2 heterocycles. The number of nitrogens with zero attached hydrogens (tertiary/aromatic N) is 3. The largest absolute Gasteiger partial charge is 0.495 e. The molecule has 2 aromatic carbocycles. The third-order valence-electron chi connectivity index (χ3n) is 5.12. The van der Waals surface area contributed by atoms with Gasteiger partial charge < -0.3 is 19.5 Å². The quantitative estimate of drug-likeness (QED) is 0.689. The molecule has 1 N–H and O–H groups in total. The number of hydrogen-bond acceptors (Lipinski definition) is 5. The van der Waals surface area contributed by atoms with Crippen molar-refractivity contribution < 1.29 is 14.1 Å². The van der Waals surface area contributed by atoms with Crippen molar-refractivity contribution in [2.24, 2.45) is 0 Å². The van der Waals surface area contributed by atoms with E-state index in [9.17, 15) is 4.79 Å². The van der Waals surface area contributed by atoms with Crippen LogP contribution in [0.2, 0.25) is 0 Å². The molecule has 7 nitrogen and oxygen atoms in total. The van der Waals surface area contributed by atoms with Gasteiger partial charge in [0.1, 0.15) is 11.8 Å². The molecule has 7 heteroatoms. The molecule has 1 atom stereocenters. The average Bonchev–Trinajstić information content (AvgIpc) is 3.24. The first-order valence-corrected chi connectivity index (χ1v) is 9.77. The summed E-state index contributed by atoms with van der Waals surface area (Å²) in [4.78, 5) is 19.4. The van der Waals surface area contributed by atoms with E-state index in [0.717, 1.165) is 30.4 Å². The van der Waals surface area contributed by atoms with Crippen LogP contribution in [0.15, 0.2) is 53.1 Å². The number of piperidine rings is 1. The Kier molecular flexibility index (Phi) is 5.46. The lowest BCUT2D eigenvalue weighted by Gasteiger charge is -2.33. The lowest BCUT2D eigenvalue weighted by molar-refractivity contribution is 0.142. The fraction of sp³-hybridized carbons (Fsp3) is 0.318. The van der Waals surface area contributed by atoms with Crippen LogP contribution >= 0.6 is 0 Å². The van der Waals surface area contributed by atoms with E-state index >= 15 is 0 Å². The number of ether oxygens (including phenoxy) is 1. The second kappa shape index (κ2) is 8.34. The highest BCUT2D eigenvalue weighted by atomic mass is 16.5. The number of amides is 2. The molecular weight excluding hydrogens is 368 g/mol. The maximum atomic E-state index is 13.0. The molecule has 3 aromatic rings. The summed E-state index contributed by atoms with van der Waals surface area (Å²) >= 11 is 0. The van der Waals surface area contributed by atoms with Crippen LogP contribution < -0.4 is 10.1 Å². The van der Waals surface area contributed by atoms with Gasteiger partial charge in [-0.15, -0.1) is 0 Å². The summed E-state index contributed by atoms with van der Waals surface area (Å²) < 4.78 is 10.9. The number of urea groups is 1. The van der Waals surface area contributed by atoms with Gasteiger partial charge in [0.15, 0.2) is 0 Å². The minimum absolute atomic E-state index is 0.200. The van der Waals surface area contributed by atoms with Crippen molar-refractivity contribution >= 4 is 11.7 Å². The van der Waals surface area contributed by atoms with Gasteiger partial charge in [0.2, 0.25) is 11.7 Å². The number of benzene rings is 2. The lowest BCUT2D eigenvalue weighted by atomic mass is 10.0. The number of likely N-dealkylation sites (tertiary alicyclic amines) is 1. The SMILES string of the molecule is COc1ccccc1NC(=O)N1CCCC[C@@H]1c1nc(-c2cccc(C)c2)no1. The van der Waals surface area contributed by atoms with E-state index in [1.54, 1.807) is 12.0 Å². The smallest absolute Gasteiger partial charge is 0.322 e. The van der Waals surface area contributed by atoms with Crippen LogP contribution in [0.1, 0.15) is 36.8 Å². The number of carbonyl (C=O) groups excluding carboxylic acids is 1. The fourth-order valence-corrected chi connectivity index (χ4v) is 3.64. The minimum atomic E-state index is -0.246. The maximum absolute atomic E-state index is 13.0. The second-order valence-electron chi connectivity index (χ2n) is 7.16. The van der Waals surface area contributed by atoms with E-state index < -0.39 is 0 Å². The molecule has 1 aliphatic rings. The summed E-state index contributed by atoms with van der Waals surface area (Å²) in [6, 6.07) is 14.9. The predicted molar refractivity (Wildman–Crippen MR) is 110 cm³/mol. The van der Waals surface area contributed by atoms with Crippen LogP contribution in [0.5, 0.6) is 5.75 Å². The first-order chi connectivity index (χ1) is 14.2. The van der Waals surface area contributed by atoms with Crippen molar-refractivity contribution in [1.29, 1.82) is 0 Å². The van der Waals surface area contributed by atoms with Gasteiger partial charge in [0.25, 0.3) is 0 Å². The molecule has 0 saturated carbocycles. The average molecular weight is 392 g/mol. The maximum Gasteiger partial charge on any atom is 0.322 e. The van der Waals surface area contributed by atoms with E-state index in [2.05, 4.69) is 15.5 Å². The zero-order valence-corrected chi connectivity index (χ0v) is 16.6. The Morgan fingerprint density at radius 3 is 2.90 bits per heavy atom. The van der Waals surface area contributed by atoms with Gasteiger partial charge in [0, 0.05) is 12.1 Å². The van der Waals surface area contributed by atoms with Crippen molar-refractivity contribution in [2.75, 3.05) is 19.0 Å². The Hall–Kier alpha value is -3.35. The van der Waals surface area contributed by atoms with E-state index in [0.29, 0.717) is 29.7 Å². The molecule has 0 bridgehead atoms. The lowest BCUT2D eigenvalue weighted by Crippen LogP contribution is -2.41. The highest BCUT2D eigenvalue weighted by molar-refractivity contribution is 5.91. The summed E-state index contributed by atoms with van der Waals surface area (Å²) in [5.74, 6) is 1.63. The number of anilines is 1. The third kappa shape index (κ3) is 4.08. The summed E-state index contributed by atoms with van der Waals surface area (Å²) in [5, 5.41) is 7.09. The van der Waals surface area contributed by atoms with Crippen LogP contribution in [0.25, 0.3) is 11.4 Å². The van der Waals surface area contributed by atoms with Crippen molar-refractivity contribution in [3.63, 3.8) is 0 Å². The van der Waals surface area contributed by atoms with Crippen molar-refractivity contribution in [3.05, 3.63) is 60.0 Å². The standard InChI is InChI=1S/C22H24N4O3/c1-15-8-7-9-16(14-15)20-24-21(29-25-20)18-11-5-6-13-26(18)22(27)23-17-10-3-4-12-19(17)28-2/h3-4,7-10,12,14,18H,5-6,11,13H2,1-2H3,(H,23,27)/t18-/m1/s1. The monoisotopic (exact) mass is 392 g/mol. The Labute approximate surface area is 169 Å². The van der Waals surface area contributed by atoms with Crippen LogP contribution in [0.3, 0.4) is 0 Å². The molecule has 0 radical (unpaired) electrons. The number of methoxy groups -OCH3 is 1. The molecule has 0 unspecified atom stereocenters. The van der Waals surface area contributed by atoms with Gasteiger partial charge in [-0.1, -0.05) is 41.1 Å².